The number of nitrogens with zero attached hydrogens (tertiary/aromatic N) is 1. The molecule has 0 radical (unpaired) electrons. The van der Waals surface area contributed by atoms with Gasteiger partial charge in [0.15, 0.2) is 0 Å². The number of carbonyl (C=O) groups excluding carboxylic acids is 2. The first-order valence-electron chi connectivity index (χ1n) is 10.2. The first-order valence-corrected chi connectivity index (χ1v) is 10.2. The van der Waals surface area contributed by atoms with Gasteiger partial charge in [0.1, 0.15) is 5.75 Å². The van der Waals surface area contributed by atoms with Gasteiger partial charge < -0.3 is 15.0 Å². The molecule has 2 atom stereocenters. The Labute approximate surface area is 173 Å². The van der Waals surface area contributed by atoms with Crippen LogP contribution in [0.1, 0.15) is 37.3 Å². The highest BCUT2D eigenvalue weighted by Gasteiger charge is 2.40. The molecule has 1 heterocycles. The molecule has 2 unspecified atom stereocenters. The summed E-state index contributed by atoms with van der Waals surface area (Å²) in [6.45, 7) is 5.58. The van der Waals surface area contributed by atoms with Crippen LogP contribution in [-0.2, 0) is 16.1 Å². The average Bonchev–Trinajstić information content (AvgIpc) is 3.18. The molecule has 1 aliphatic rings. The Morgan fingerprint density at radius 2 is 1.86 bits per heavy atom. The maximum atomic E-state index is 13.1. The van der Waals surface area contributed by atoms with E-state index in [0.717, 1.165) is 16.9 Å². The van der Waals surface area contributed by atoms with Crippen molar-refractivity contribution < 1.29 is 14.3 Å². The van der Waals surface area contributed by atoms with E-state index in [2.05, 4.69) is 5.32 Å². The predicted molar refractivity (Wildman–Crippen MR) is 114 cm³/mol. The molecular formula is C24H30N2O3. The second-order valence-electron chi connectivity index (χ2n) is 8.09. The van der Waals surface area contributed by atoms with E-state index in [-0.39, 0.29) is 23.7 Å². The Kier molecular flexibility index (Phi) is 6.91. The maximum Gasteiger partial charge on any atom is 0.225 e. The largest absolute Gasteiger partial charge is 0.497 e. The summed E-state index contributed by atoms with van der Waals surface area (Å²) < 4.78 is 5.36. The summed E-state index contributed by atoms with van der Waals surface area (Å²) in [4.78, 5) is 27.6. The highest BCUT2D eigenvalue weighted by Crippen LogP contribution is 2.35. The summed E-state index contributed by atoms with van der Waals surface area (Å²) in [7, 11) is 1.64. The summed E-state index contributed by atoms with van der Waals surface area (Å²) in [5.74, 6) is 0.841. The first-order chi connectivity index (χ1) is 14.0. The summed E-state index contributed by atoms with van der Waals surface area (Å²) in [5, 5.41) is 3.06. The SMILES string of the molecule is COc1cccc(C2CN(C(=O)CC(C)C)CC2C(=O)NCc2ccccc2)c1. The van der Waals surface area contributed by atoms with E-state index >= 15 is 0 Å². The summed E-state index contributed by atoms with van der Waals surface area (Å²) >= 11 is 0. The van der Waals surface area contributed by atoms with Gasteiger partial charge >= 0.3 is 0 Å². The van der Waals surface area contributed by atoms with Crippen LogP contribution in [0.3, 0.4) is 0 Å². The molecule has 1 fully saturated rings. The molecule has 0 aliphatic carbocycles. The fraction of sp³-hybridized carbons (Fsp3) is 0.417. The molecule has 2 aromatic carbocycles. The lowest BCUT2D eigenvalue weighted by molar-refractivity contribution is -0.131. The maximum absolute atomic E-state index is 13.1. The minimum atomic E-state index is -0.276. The van der Waals surface area contributed by atoms with Gasteiger partial charge in [-0.2, -0.15) is 0 Å². The molecule has 1 saturated heterocycles. The van der Waals surface area contributed by atoms with Gasteiger partial charge in [-0.3, -0.25) is 9.59 Å². The van der Waals surface area contributed by atoms with Gasteiger partial charge in [0, 0.05) is 32.0 Å². The highest BCUT2D eigenvalue weighted by molar-refractivity contribution is 5.83. The summed E-state index contributed by atoms with van der Waals surface area (Å²) in [6, 6.07) is 17.7. The number of rotatable bonds is 7. The Morgan fingerprint density at radius 1 is 1.10 bits per heavy atom. The molecule has 0 aromatic heterocycles. The van der Waals surface area contributed by atoms with Gasteiger partial charge in [-0.25, -0.2) is 0 Å². The van der Waals surface area contributed by atoms with E-state index in [9.17, 15) is 9.59 Å². The van der Waals surface area contributed by atoms with E-state index < -0.39 is 0 Å². The molecule has 2 aromatic rings. The van der Waals surface area contributed by atoms with Crippen molar-refractivity contribution in [2.45, 2.75) is 32.7 Å². The standard InChI is InChI=1S/C24H30N2O3/c1-17(2)12-23(27)26-15-21(19-10-7-11-20(13-19)29-3)22(16-26)24(28)25-14-18-8-5-4-6-9-18/h4-11,13,17,21-22H,12,14-16H2,1-3H3,(H,25,28). The Hall–Kier alpha value is -2.82. The van der Waals surface area contributed by atoms with Crippen LogP contribution >= 0.6 is 0 Å². The monoisotopic (exact) mass is 394 g/mol. The zero-order chi connectivity index (χ0) is 20.8. The van der Waals surface area contributed by atoms with Crippen LogP contribution in [0.15, 0.2) is 54.6 Å². The Balaban J connectivity index is 1.77. The van der Waals surface area contributed by atoms with Gasteiger partial charge in [0.05, 0.1) is 13.0 Å². The molecule has 1 aliphatic heterocycles. The van der Waals surface area contributed by atoms with E-state index in [1.807, 2.05) is 73.3 Å². The smallest absolute Gasteiger partial charge is 0.225 e. The van der Waals surface area contributed by atoms with E-state index in [1.165, 1.54) is 0 Å². The highest BCUT2D eigenvalue weighted by atomic mass is 16.5. The van der Waals surface area contributed by atoms with Crippen molar-refractivity contribution in [1.29, 1.82) is 0 Å². The fourth-order valence-electron chi connectivity index (χ4n) is 3.88. The molecule has 1 N–H and O–H groups in total. The lowest BCUT2D eigenvalue weighted by Gasteiger charge is -2.19. The quantitative estimate of drug-likeness (QED) is 0.781. The predicted octanol–water partition coefficient (Wildman–Crippen LogP) is 3.60. The average molecular weight is 395 g/mol. The van der Waals surface area contributed by atoms with E-state index in [0.29, 0.717) is 32.0 Å². The topological polar surface area (TPSA) is 58.6 Å². The second kappa shape index (κ2) is 9.59. The van der Waals surface area contributed by atoms with Crippen LogP contribution in [-0.4, -0.2) is 36.9 Å². The van der Waals surface area contributed by atoms with Gasteiger partial charge in [0.2, 0.25) is 11.8 Å². The van der Waals surface area contributed by atoms with Crippen LogP contribution in [0.4, 0.5) is 0 Å². The van der Waals surface area contributed by atoms with E-state index in [1.54, 1.807) is 7.11 Å². The van der Waals surface area contributed by atoms with Gasteiger partial charge in [-0.1, -0.05) is 56.3 Å². The number of methoxy groups -OCH3 is 1. The molecule has 5 heteroatoms. The van der Waals surface area contributed by atoms with Crippen molar-refractivity contribution >= 4 is 11.8 Å². The van der Waals surface area contributed by atoms with Crippen LogP contribution in [0.25, 0.3) is 0 Å². The minimum absolute atomic E-state index is 0.0125. The molecule has 29 heavy (non-hydrogen) atoms. The fourth-order valence-corrected chi connectivity index (χ4v) is 3.88. The third-order valence-electron chi connectivity index (χ3n) is 5.42. The summed E-state index contributed by atoms with van der Waals surface area (Å²) in [5.41, 5.74) is 2.09. The lowest BCUT2D eigenvalue weighted by Crippen LogP contribution is -2.35. The molecule has 154 valence electrons. The third kappa shape index (κ3) is 5.37. The molecule has 3 rings (SSSR count). The van der Waals surface area contributed by atoms with Crippen molar-refractivity contribution in [1.82, 2.24) is 10.2 Å². The van der Waals surface area contributed by atoms with Crippen molar-refractivity contribution in [3.8, 4) is 5.75 Å². The van der Waals surface area contributed by atoms with E-state index in [4.69, 9.17) is 4.74 Å². The molecule has 5 nitrogen and oxygen atoms in total. The number of hydrogen-bond acceptors (Lipinski definition) is 3. The van der Waals surface area contributed by atoms with Gasteiger partial charge in [0.25, 0.3) is 0 Å². The number of hydrogen-bond donors (Lipinski definition) is 1. The lowest BCUT2D eigenvalue weighted by atomic mass is 9.88. The van der Waals surface area contributed by atoms with Gasteiger partial charge in [-0.05, 0) is 29.2 Å². The first kappa shape index (κ1) is 20.9. The molecule has 0 saturated carbocycles. The van der Waals surface area contributed by atoms with Crippen LogP contribution in [0, 0.1) is 11.8 Å². The van der Waals surface area contributed by atoms with Crippen molar-refractivity contribution in [2.24, 2.45) is 11.8 Å². The van der Waals surface area contributed by atoms with Crippen LogP contribution in [0.5, 0.6) is 5.75 Å². The number of benzene rings is 2. The second-order valence-corrected chi connectivity index (χ2v) is 8.09. The zero-order valence-corrected chi connectivity index (χ0v) is 17.4. The molecular weight excluding hydrogens is 364 g/mol. The number of nitrogens with one attached hydrogen (secondary N) is 1. The van der Waals surface area contributed by atoms with Crippen LogP contribution < -0.4 is 10.1 Å². The number of amides is 2. The third-order valence-corrected chi connectivity index (χ3v) is 5.42. The number of ether oxygens (including phenoxy) is 1. The van der Waals surface area contributed by atoms with Gasteiger partial charge in [-0.15, -0.1) is 0 Å². The normalized spacial score (nSPS) is 18.7. The Morgan fingerprint density at radius 3 is 2.55 bits per heavy atom. The van der Waals surface area contributed by atoms with Crippen molar-refractivity contribution in [3.05, 3.63) is 65.7 Å². The minimum Gasteiger partial charge on any atom is -0.497 e. The molecule has 2 amide bonds. The number of carbonyl (C=O) groups is 2. The summed E-state index contributed by atoms with van der Waals surface area (Å²) in [6.07, 6.45) is 0.503. The number of likely N-dealkylation sites (tertiary alicyclic amines) is 1. The van der Waals surface area contributed by atoms with Crippen molar-refractivity contribution in [2.75, 3.05) is 20.2 Å². The molecule has 0 spiro atoms. The molecule has 0 bridgehead atoms. The van der Waals surface area contributed by atoms with Crippen molar-refractivity contribution in [3.63, 3.8) is 0 Å². The Bertz CT molecular complexity index is 835. The zero-order valence-electron chi connectivity index (χ0n) is 17.4. The van der Waals surface area contributed by atoms with Crippen LogP contribution in [0.2, 0.25) is 0 Å².